The molecule has 2 amide bonds. The van der Waals surface area contributed by atoms with E-state index in [0.717, 1.165) is 6.42 Å². The maximum atomic E-state index is 12.6. The number of primary amides is 1. The standard InChI is InChI=1S/C18H20N4O5S/c1-27-15-5-4-13(10-14(15)18(19)24)28(25,26)21-11-12-6-7-20-16(9-12)22-8-2-3-17(22)23/h4-7,9-10,21H,2-3,8,11H2,1H3,(H2,19,24). The number of rotatable bonds is 7. The molecule has 0 radical (unpaired) electrons. The van der Waals surface area contributed by atoms with Gasteiger partial charge in [-0.15, -0.1) is 0 Å². The fourth-order valence-corrected chi connectivity index (χ4v) is 3.96. The normalized spacial score (nSPS) is 14.3. The summed E-state index contributed by atoms with van der Waals surface area (Å²) < 4.78 is 32.7. The third-order valence-corrected chi connectivity index (χ3v) is 5.77. The molecule has 2 heterocycles. The Hall–Kier alpha value is -2.98. The molecule has 1 aliphatic rings. The summed E-state index contributed by atoms with van der Waals surface area (Å²) >= 11 is 0. The van der Waals surface area contributed by atoms with Gasteiger partial charge in [-0.2, -0.15) is 0 Å². The van der Waals surface area contributed by atoms with Gasteiger partial charge >= 0.3 is 0 Å². The third kappa shape index (κ3) is 4.12. The first-order valence-electron chi connectivity index (χ1n) is 8.54. The summed E-state index contributed by atoms with van der Waals surface area (Å²) in [6.07, 6.45) is 2.79. The number of ether oxygens (including phenoxy) is 1. The van der Waals surface area contributed by atoms with Crippen LogP contribution in [0.15, 0.2) is 41.4 Å². The van der Waals surface area contributed by atoms with E-state index in [4.69, 9.17) is 10.5 Å². The second-order valence-electron chi connectivity index (χ2n) is 6.22. The molecule has 0 aliphatic carbocycles. The van der Waals surface area contributed by atoms with Crippen molar-refractivity contribution in [3.05, 3.63) is 47.7 Å². The molecule has 1 saturated heterocycles. The first-order chi connectivity index (χ1) is 13.3. The molecule has 1 aromatic heterocycles. The van der Waals surface area contributed by atoms with Crippen molar-refractivity contribution in [3.8, 4) is 5.75 Å². The highest BCUT2D eigenvalue weighted by Crippen LogP contribution is 2.23. The van der Waals surface area contributed by atoms with Crippen LogP contribution in [0.1, 0.15) is 28.8 Å². The number of carbonyl (C=O) groups is 2. The summed E-state index contributed by atoms with van der Waals surface area (Å²) in [6.45, 7) is 0.598. The van der Waals surface area contributed by atoms with Crippen molar-refractivity contribution in [2.24, 2.45) is 5.73 Å². The van der Waals surface area contributed by atoms with Crippen LogP contribution in [0.2, 0.25) is 0 Å². The largest absolute Gasteiger partial charge is 0.496 e. The van der Waals surface area contributed by atoms with Crippen LogP contribution in [0.25, 0.3) is 0 Å². The van der Waals surface area contributed by atoms with Crippen LogP contribution in [0.4, 0.5) is 5.82 Å². The second-order valence-corrected chi connectivity index (χ2v) is 7.99. The zero-order chi connectivity index (χ0) is 20.3. The van der Waals surface area contributed by atoms with Crippen LogP contribution in [0.5, 0.6) is 5.75 Å². The molecule has 0 saturated carbocycles. The number of pyridine rings is 1. The molecule has 0 bridgehead atoms. The van der Waals surface area contributed by atoms with Crippen molar-refractivity contribution in [1.82, 2.24) is 9.71 Å². The first kappa shape index (κ1) is 19.8. The number of benzene rings is 1. The third-order valence-electron chi connectivity index (χ3n) is 4.37. The molecule has 10 heteroatoms. The molecule has 148 valence electrons. The second kappa shape index (κ2) is 7.95. The molecular formula is C18H20N4O5S. The number of aromatic nitrogens is 1. The van der Waals surface area contributed by atoms with Crippen LogP contribution < -0.4 is 20.1 Å². The number of nitrogens with two attached hydrogens (primary N) is 1. The summed E-state index contributed by atoms with van der Waals surface area (Å²) in [6, 6.07) is 7.21. The van der Waals surface area contributed by atoms with Crippen molar-refractivity contribution in [3.63, 3.8) is 0 Å². The maximum absolute atomic E-state index is 12.6. The molecule has 0 unspecified atom stereocenters. The minimum atomic E-state index is -3.90. The van der Waals surface area contributed by atoms with E-state index in [2.05, 4.69) is 9.71 Å². The number of sulfonamides is 1. The van der Waals surface area contributed by atoms with Gasteiger partial charge < -0.3 is 10.5 Å². The number of methoxy groups -OCH3 is 1. The van der Waals surface area contributed by atoms with E-state index >= 15 is 0 Å². The van der Waals surface area contributed by atoms with Gasteiger partial charge in [-0.1, -0.05) is 0 Å². The van der Waals surface area contributed by atoms with Crippen LogP contribution in [0.3, 0.4) is 0 Å². The zero-order valence-corrected chi connectivity index (χ0v) is 16.0. The Bertz CT molecular complexity index is 1020. The van der Waals surface area contributed by atoms with Gasteiger partial charge in [0.2, 0.25) is 15.9 Å². The SMILES string of the molecule is COc1ccc(S(=O)(=O)NCc2ccnc(N3CCCC3=O)c2)cc1C(N)=O. The van der Waals surface area contributed by atoms with Crippen LogP contribution in [-0.2, 0) is 21.4 Å². The van der Waals surface area contributed by atoms with E-state index in [1.54, 1.807) is 17.0 Å². The van der Waals surface area contributed by atoms with Gasteiger partial charge in [-0.05, 0) is 42.3 Å². The smallest absolute Gasteiger partial charge is 0.252 e. The van der Waals surface area contributed by atoms with Gasteiger partial charge in [-0.3, -0.25) is 14.5 Å². The number of nitrogens with zero attached hydrogens (tertiary/aromatic N) is 2. The molecule has 1 aromatic carbocycles. The first-order valence-corrected chi connectivity index (χ1v) is 10.0. The van der Waals surface area contributed by atoms with Gasteiger partial charge in [0.1, 0.15) is 11.6 Å². The fraction of sp³-hybridized carbons (Fsp3) is 0.278. The highest BCUT2D eigenvalue weighted by atomic mass is 32.2. The highest BCUT2D eigenvalue weighted by Gasteiger charge is 2.23. The predicted octanol–water partition coefficient (Wildman–Crippen LogP) is 0.794. The van der Waals surface area contributed by atoms with E-state index in [0.29, 0.717) is 24.3 Å². The molecule has 28 heavy (non-hydrogen) atoms. The Morgan fingerprint density at radius 2 is 2.11 bits per heavy atom. The number of nitrogens with one attached hydrogen (secondary N) is 1. The lowest BCUT2D eigenvalue weighted by molar-refractivity contribution is -0.117. The lowest BCUT2D eigenvalue weighted by atomic mass is 10.2. The average molecular weight is 404 g/mol. The van der Waals surface area contributed by atoms with E-state index in [9.17, 15) is 18.0 Å². The number of hydrogen-bond donors (Lipinski definition) is 2. The van der Waals surface area contributed by atoms with E-state index < -0.39 is 15.9 Å². The molecule has 0 spiro atoms. The lowest BCUT2D eigenvalue weighted by Gasteiger charge is -2.15. The molecular weight excluding hydrogens is 384 g/mol. The van der Waals surface area contributed by atoms with Crippen molar-refractivity contribution >= 4 is 27.7 Å². The molecule has 2 aromatic rings. The van der Waals surface area contributed by atoms with Crippen LogP contribution in [0, 0.1) is 0 Å². The zero-order valence-electron chi connectivity index (χ0n) is 15.2. The Morgan fingerprint density at radius 3 is 2.75 bits per heavy atom. The average Bonchev–Trinajstić information content (AvgIpc) is 3.12. The minimum absolute atomic E-state index is 0.00216. The number of anilines is 1. The lowest BCUT2D eigenvalue weighted by Crippen LogP contribution is -2.26. The molecule has 1 fully saturated rings. The molecule has 9 nitrogen and oxygen atoms in total. The number of carbonyl (C=O) groups excluding carboxylic acids is 2. The fourth-order valence-electron chi connectivity index (χ4n) is 2.92. The van der Waals surface area contributed by atoms with Crippen molar-refractivity contribution in [1.29, 1.82) is 0 Å². The highest BCUT2D eigenvalue weighted by molar-refractivity contribution is 7.89. The summed E-state index contributed by atoms with van der Waals surface area (Å²) in [5.74, 6) is -0.0921. The van der Waals surface area contributed by atoms with Gasteiger partial charge in [0, 0.05) is 25.7 Å². The molecule has 3 N–H and O–H groups in total. The maximum Gasteiger partial charge on any atom is 0.252 e. The topological polar surface area (TPSA) is 132 Å². The van der Waals surface area contributed by atoms with Crippen molar-refractivity contribution in [2.45, 2.75) is 24.3 Å². The van der Waals surface area contributed by atoms with Gasteiger partial charge in [-0.25, -0.2) is 18.1 Å². The summed E-state index contributed by atoms with van der Waals surface area (Å²) in [5.41, 5.74) is 5.91. The quantitative estimate of drug-likeness (QED) is 0.701. The Kier molecular flexibility index (Phi) is 5.61. The van der Waals surface area contributed by atoms with Crippen LogP contribution in [-0.4, -0.2) is 38.9 Å². The van der Waals surface area contributed by atoms with E-state index in [-0.39, 0.29) is 28.7 Å². The Balaban J connectivity index is 1.78. The summed E-state index contributed by atoms with van der Waals surface area (Å²) in [4.78, 5) is 29.0. The monoisotopic (exact) mass is 404 g/mol. The Labute approximate surface area is 162 Å². The predicted molar refractivity (Wildman–Crippen MR) is 101 cm³/mol. The van der Waals surface area contributed by atoms with E-state index in [1.165, 1.54) is 31.5 Å². The summed E-state index contributed by atoms with van der Waals surface area (Å²) in [5, 5.41) is 0. The van der Waals surface area contributed by atoms with Crippen molar-refractivity contribution < 1.29 is 22.7 Å². The van der Waals surface area contributed by atoms with Gasteiger partial charge in [0.15, 0.2) is 0 Å². The Morgan fingerprint density at radius 1 is 1.32 bits per heavy atom. The van der Waals surface area contributed by atoms with Gasteiger partial charge in [0.25, 0.3) is 5.91 Å². The van der Waals surface area contributed by atoms with Crippen molar-refractivity contribution in [2.75, 3.05) is 18.6 Å². The molecule has 1 aliphatic heterocycles. The van der Waals surface area contributed by atoms with E-state index in [1.807, 2.05) is 0 Å². The molecule has 0 atom stereocenters. The number of amides is 2. The number of hydrogen-bond acceptors (Lipinski definition) is 6. The summed E-state index contributed by atoms with van der Waals surface area (Å²) in [7, 11) is -2.53. The van der Waals surface area contributed by atoms with Crippen LogP contribution >= 0.6 is 0 Å². The van der Waals surface area contributed by atoms with Gasteiger partial charge in [0.05, 0.1) is 17.6 Å². The minimum Gasteiger partial charge on any atom is -0.496 e. The molecule has 3 rings (SSSR count).